The molecule has 0 aliphatic carbocycles. The Morgan fingerprint density at radius 1 is 0.963 bits per heavy atom. The zero-order chi connectivity index (χ0) is 19.8. The van der Waals surface area contributed by atoms with E-state index in [9.17, 15) is 19.6 Å². The molecule has 0 aliphatic rings. The predicted molar refractivity (Wildman–Crippen MR) is 103 cm³/mol. The second-order valence-corrected chi connectivity index (χ2v) is 5.86. The van der Waals surface area contributed by atoms with Crippen molar-refractivity contribution in [2.24, 2.45) is 0 Å². The van der Waals surface area contributed by atoms with Gasteiger partial charge in [0.05, 0.1) is 11.3 Å². The SMILES string of the molecule is CC(=O)Nc1ccc(NC(=O)CCN(C(C)=O)c2ccccc2C#N)cc1. The molecule has 0 saturated carbocycles. The van der Waals surface area contributed by atoms with Crippen LogP contribution in [0.3, 0.4) is 0 Å². The number of nitrogens with one attached hydrogen (secondary N) is 2. The van der Waals surface area contributed by atoms with Gasteiger partial charge < -0.3 is 15.5 Å². The number of nitrogens with zero attached hydrogens (tertiary/aromatic N) is 2. The van der Waals surface area contributed by atoms with Crippen LogP contribution in [0.25, 0.3) is 0 Å². The zero-order valence-corrected chi connectivity index (χ0v) is 15.2. The van der Waals surface area contributed by atoms with E-state index < -0.39 is 0 Å². The lowest BCUT2D eigenvalue weighted by atomic mass is 10.1. The largest absolute Gasteiger partial charge is 0.326 e. The van der Waals surface area contributed by atoms with Crippen LogP contribution in [0.15, 0.2) is 48.5 Å². The third kappa shape index (κ3) is 5.68. The molecule has 7 nitrogen and oxygen atoms in total. The molecule has 2 N–H and O–H groups in total. The second-order valence-electron chi connectivity index (χ2n) is 5.86. The fraction of sp³-hybridized carbons (Fsp3) is 0.200. The molecular formula is C20H20N4O3. The lowest BCUT2D eigenvalue weighted by molar-refractivity contribution is -0.117. The Morgan fingerprint density at radius 2 is 1.56 bits per heavy atom. The summed E-state index contributed by atoms with van der Waals surface area (Å²) in [6.45, 7) is 2.97. The van der Waals surface area contributed by atoms with Gasteiger partial charge in [0, 0.05) is 38.2 Å². The topological polar surface area (TPSA) is 102 Å². The molecular weight excluding hydrogens is 344 g/mol. The van der Waals surface area contributed by atoms with Gasteiger partial charge in [0.15, 0.2) is 0 Å². The number of nitriles is 1. The van der Waals surface area contributed by atoms with Crippen molar-refractivity contribution in [1.82, 2.24) is 0 Å². The van der Waals surface area contributed by atoms with Crippen LogP contribution in [-0.2, 0) is 14.4 Å². The van der Waals surface area contributed by atoms with Crippen molar-refractivity contribution >= 4 is 34.8 Å². The summed E-state index contributed by atoms with van der Waals surface area (Å²) >= 11 is 0. The van der Waals surface area contributed by atoms with Crippen LogP contribution in [0.4, 0.5) is 17.1 Å². The predicted octanol–water partition coefficient (Wildman–Crippen LogP) is 2.90. The van der Waals surface area contributed by atoms with Gasteiger partial charge in [0.1, 0.15) is 6.07 Å². The average molecular weight is 364 g/mol. The lowest BCUT2D eigenvalue weighted by Gasteiger charge is -2.22. The fourth-order valence-corrected chi connectivity index (χ4v) is 2.53. The number of benzene rings is 2. The van der Waals surface area contributed by atoms with Gasteiger partial charge in [-0.1, -0.05) is 12.1 Å². The average Bonchev–Trinajstić information content (AvgIpc) is 2.63. The number of carbonyl (C=O) groups is 3. The van der Waals surface area contributed by atoms with Crippen LogP contribution >= 0.6 is 0 Å². The molecule has 0 heterocycles. The highest BCUT2D eigenvalue weighted by molar-refractivity contribution is 5.96. The second kappa shape index (κ2) is 9.15. The van der Waals surface area contributed by atoms with Crippen LogP contribution in [0.5, 0.6) is 0 Å². The van der Waals surface area contributed by atoms with E-state index in [4.69, 9.17) is 0 Å². The highest BCUT2D eigenvalue weighted by Crippen LogP contribution is 2.20. The minimum atomic E-state index is -0.261. The van der Waals surface area contributed by atoms with Crippen LogP contribution < -0.4 is 15.5 Å². The van der Waals surface area contributed by atoms with Crippen molar-refractivity contribution in [3.63, 3.8) is 0 Å². The van der Waals surface area contributed by atoms with Crippen molar-refractivity contribution in [3.8, 4) is 6.07 Å². The minimum Gasteiger partial charge on any atom is -0.326 e. The first kappa shape index (κ1) is 19.7. The molecule has 0 unspecified atom stereocenters. The molecule has 7 heteroatoms. The third-order valence-electron chi connectivity index (χ3n) is 3.75. The molecule has 0 aromatic heterocycles. The van der Waals surface area contributed by atoms with Gasteiger partial charge in [-0.05, 0) is 36.4 Å². The van der Waals surface area contributed by atoms with Gasteiger partial charge >= 0.3 is 0 Å². The highest BCUT2D eigenvalue weighted by atomic mass is 16.2. The first-order chi connectivity index (χ1) is 12.9. The molecule has 0 spiro atoms. The van der Waals surface area contributed by atoms with Gasteiger partial charge in [0.2, 0.25) is 17.7 Å². The number of carbonyl (C=O) groups excluding carboxylic acids is 3. The van der Waals surface area contributed by atoms with Crippen LogP contribution in [0.1, 0.15) is 25.8 Å². The van der Waals surface area contributed by atoms with E-state index >= 15 is 0 Å². The number of rotatable bonds is 6. The van der Waals surface area contributed by atoms with E-state index in [1.165, 1.54) is 18.7 Å². The maximum Gasteiger partial charge on any atom is 0.226 e. The molecule has 0 saturated heterocycles. The zero-order valence-electron chi connectivity index (χ0n) is 15.2. The van der Waals surface area contributed by atoms with Gasteiger partial charge in [-0.3, -0.25) is 14.4 Å². The molecule has 27 heavy (non-hydrogen) atoms. The Morgan fingerprint density at radius 3 is 2.11 bits per heavy atom. The molecule has 0 bridgehead atoms. The molecule has 0 atom stereocenters. The van der Waals surface area contributed by atoms with Gasteiger partial charge in [0.25, 0.3) is 0 Å². The molecule has 0 fully saturated rings. The maximum atomic E-state index is 12.2. The quantitative estimate of drug-likeness (QED) is 0.822. The normalized spacial score (nSPS) is 9.81. The summed E-state index contributed by atoms with van der Waals surface area (Å²) < 4.78 is 0. The lowest BCUT2D eigenvalue weighted by Crippen LogP contribution is -2.32. The van der Waals surface area contributed by atoms with Crippen molar-refractivity contribution < 1.29 is 14.4 Å². The first-order valence-corrected chi connectivity index (χ1v) is 8.35. The van der Waals surface area contributed by atoms with E-state index in [1.807, 2.05) is 0 Å². The summed E-state index contributed by atoms with van der Waals surface area (Å²) in [5, 5.41) is 14.6. The van der Waals surface area contributed by atoms with E-state index in [1.54, 1.807) is 48.5 Å². The third-order valence-corrected chi connectivity index (χ3v) is 3.75. The van der Waals surface area contributed by atoms with Gasteiger partial charge in [-0.25, -0.2) is 0 Å². The van der Waals surface area contributed by atoms with Crippen molar-refractivity contribution in [1.29, 1.82) is 5.26 Å². The van der Waals surface area contributed by atoms with Gasteiger partial charge in [-0.2, -0.15) is 5.26 Å². The monoisotopic (exact) mass is 364 g/mol. The molecule has 0 radical (unpaired) electrons. The maximum absolute atomic E-state index is 12.2. The molecule has 3 amide bonds. The smallest absolute Gasteiger partial charge is 0.226 e. The Balaban J connectivity index is 1.99. The summed E-state index contributed by atoms with van der Waals surface area (Å²) in [5.74, 6) is -0.679. The van der Waals surface area contributed by atoms with Crippen molar-refractivity contribution in [2.45, 2.75) is 20.3 Å². The highest BCUT2D eigenvalue weighted by Gasteiger charge is 2.16. The Labute approximate surface area is 157 Å². The Hall–Kier alpha value is -3.66. The summed E-state index contributed by atoms with van der Waals surface area (Å²) in [4.78, 5) is 36.6. The van der Waals surface area contributed by atoms with Crippen LogP contribution in [0, 0.1) is 11.3 Å². The summed E-state index contributed by atoms with van der Waals surface area (Å²) in [6.07, 6.45) is 0.0762. The number of amides is 3. The van der Waals surface area contributed by atoms with E-state index in [0.717, 1.165) is 0 Å². The summed E-state index contributed by atoms with van der Waals surface area (Å²) in [6, 6.07) is 15.5. The number of para-hydroxylation sites is 1. The number of anilines is 3. The summed E-state index contributed by atoms with van der Waals surface area (Å²) in [5.41, 5.74) is 2.08. The Kier molecular flexibility index (Phi) is 6.67. The Bertz CT molecular complexity index is 885. The van der Waals surface area contributed by atoms with Crippen LogP contribution in [-0.4, -0.2) is 24.3 Å². The van der Waals surface area contributed by atoms with E-state index in [-0.39, 0.29) is 30.7 Å². The first-order valence-electron chi connectivity index (χ1n) is 8.35. The van der Waals surface area contributed by atoms with Crippen molar-refractivity contribution in [3.05, 3.63) is 54.1 Å². The van der Waals surface area contributed by atoms with Crippen LogP contribution in [0.2, 0.25) is 0 Å². The molecule has 2 aromatic carbocycles. The molecule has 2 aromatic rings. The van der Waals surface area contributed by atoms with Crippen molar-refractivity contribution in [2.75, 3.05) is 22.1 Å². The fourth-order valence-electron chi connectivity index (χ4n) is 2.53. The minimum absolute atomic E-state index is 0.0762. The standard InChI is InChI=1S/C20H20N4O3/c1-14(25)22-17-7-9-18(10-8-17)23-20(27)11-12-24(15(2)26)19-6-4-3-5-16(19)13-21/h3-10H,11-12H2,1-2H3,(H,22,25)(H,23,27). The number of hydrogen-bond acceptors (Lipinski definition) is 4. The molecule has 2 rings (SSSR count). The summed E-state index contributed by atoms with van der Waals surface area (Å²) in [7, 11) is 0. The molecule has 138 valence electrons. The van der Waals surface area contributed by atoms with E-state index in [0.29, 0.717) is 22.6 Å². The van der Waals surface area contributed by atoms with Gasteiger partial charge in [-0.15, -0.1) is 0 Å². The van der Waals surface area contributed by atoms with E-state index in [2.05, 4.69) is 16.7 Å². The number of hydrogen-bond donors (Lipinski definition) is 2. The molecule has 0 aliphatic heterocycles.